The Morgan fingerprint density at radius 3 is 1.90 bits per heavy atom. The lowest BCUT2D eigenvalue weighted by molar-refractivity contribution is -0.195. The SMILES string of the molecule is CCC.CCOC(Oc1ccc(C(C)C(C)(C)C)cc1)C12CC(C)CC(CC(C)C1)C2. The molecule has 0 spiro atoms. The fraction of sp³-hybridized carbons (Fsp3) is 0.793. The van der Waals surface area contributed by atoms with Crippen molar-refractivity contribution in [1.82, 2.24) is 0 Å². The molecule has 2 aliphatic rings. The average Bonchev–Trinajstić information content (AvgIpc) is 2.66. The molecule has 2 aliphatic carbocycles. The average molecular weight is 431 g/mol. The molecule has 31 heavy (non-hydrogen) atoms. The largest absolute Gasteiger partial charge is 0.464 e. The summed E-state index contributed by atoms with van der Waals surface area (Å²) in [6, 6.07) is 8.77. The Balaban J connectivity index is 0.00000107. The van der Waals surface area contributed by atoms with Crippen LogP contribution in [0.15, 0.2) is 24.3 Å². The van der Waals surface area contributed by atoms with Crippen molar-refractivity contribution in [3.05, 3.63) is 29.8 Å². The van der Waals surface area contributed by atoms with Crippen molar-refractivity contribution >= 4 is 0 Å². The molecule has 0 aromatic heterocycles. The Bertz CT molecular complexity index is 622. The zero-order valence-electron chi connectivity index (χ0n) is 22.0. The van der Waals surface area contributed by atoms with Crippen molar-refractivity contribution in [2.24, 2.45) is 28.6 Å². The third kappa shape index (κ3) is 6.98. The summed E-state index contributed by atoms with van der Waals surface area (Å²) in [6.07, 6.45) is 7.62. The van der Waals surface area contributed by atoms with Gasteiger partial charge >= 0.3 is 0 Å². The summed E-state index contributed by atoms with van der Waals surface area (Å²) in [5.41, 5.74) is 1.82. The number of hydrogen-bond acceptors (Lipinski definition) is 2. The summed E-state index contributed by atoms with van der Waals surface area (Å²) in [6.45, 7) is 21.1. The summed E-state index contributed by atoms with van der Waals surface area (Å²) < 4.78 is 12.8. The van der Waals surface area contributed by atoms with Crippen LogP contribution in [0.5, 0.6) is 5.75 Å². The third-order valence-electron chi connectivity index (χ3n) is 7.42. The molecular weight excluding hydrogens is 380 g/mol. The lowest BCUT2D eigenvalue weighted by Gasteiger charge is -2.52. The number of hydrogen-bond donors (Lipinski definition) is 0. The molecule has 1 aromatic rings. The first-order valence-electron chi connectivity index (χ1n) is 12.9. The maximum absolute atomic E-state index is 6.57. The van der Waals surface area contributed by atoms with Crippen LogP contribution in [0.4, 0.5) is 0 Å². The lowest BCUT2D eigenvalue weighted by atomic mass is 9.56. The minimum Gasteiger partial charge on any atom is -0.464 e. The molecule has 2 bridgehead atoms. The molecule has 2 nitrogen and oxygen atoms in total. The number of ether oxygens (including phenoxy) is 2. The minimum absolute atomic E-state index is 0.128. The van der Waals surface area contributed by atoms with Gasteiger partial charge in [0.05, 0.1) is 0 Å². The van der Waals surface area contributed by atoms with Gasteiger partial charge in [0, 0.05) is 12.0 Å². The molecule has 178 valence electrons. The van der Waals surface area contributed by atoms with Crippen LogP contribution < -0.4 is 4.74 Å². The first-order valence-corrected chi connectivity index (χ1v) is 12.9. The molecule has 0 heterocycles. The second-order valence-corrected chi connectivity index (χ2v) is 11.8. The van der Waals surface area contributed by atoms with Gasteiger partial charge in [0.25, 0.3) is 0 Å². The van der Waals surface area contributed by atoms with Crippen LogP contribution in [-0.4, -0.2) is 12.9 Å². The van der Waals surface area contributed by atoms with E-state index in [-0.39, 0.29) is 17.1 Å². The molecule has 4 atom stereocenters. The van der Waals surface area contributed by atoms with Gasteiger partial charge in [0.2, 0.25) is 6.29 Å². The summed E-state index contributed by atoms with van der Waals surface area (Å²) in [5.74, 6) is 3.85. The number of rotatable bonds is 6. The van der Waals surface area contributed by atoms with E-state index in [1.54, 1.807) is 0 Å². The van der Waals surface area contributed by atoms with Crippen molar-refractivity contribution in [1.29, 1.82) is 0 Å². The summed E-state index contributed by atoms with van der Waals surface area (Å²) >= 11 is 0. The van der Waals surface area contributed by atoms with Crippen LogP contribution in [0.3, 0.4) is 0 Å². The third-order valence-corrected chi connectivity index (χ3v) is 7.42. The molecule has 0 radical (unpaired) electrons. The zero-order chi connectivity index (χ0) is 23.2. The van der Waals surface area contributed by atoms with Gasteiger partial charge in [-0.15, -0.1) is 0 Å². The second-order valence-electron chi connectivity index (χ2n) is 11.8. The van der Waals surface area contributed by atoms with Crippen molar-refractivity contribution < 1.29 is 9.47 Å². The number of fused-ring (bicyclic) bond motifs is 2. The van der Waals surface area contributed by atoms with Crippen LogP contribution in [0.1, 0.15) is 112 Å². The van der Waals surface area contributed by atoms with Crippen molar-refractivity contribution in [2.75, 3.05) is 6.61 Å². The zero-order valence-corrected chi connectivity index (χ0v) is 22.0. The Hall–Kier alpha value is -1.02. The molecule has 4 unspecified atom stereocenters. The van der Waals surface area contributed by atoms with E-state index >= 15 is 0 Å². The van der Waals surface area contributed by atoms with Crippen LogP contribution in [-0.2, 0) is 4.74 Å². The molecule has 0 aliphatic heterocycles. The van der Waals surface area contributed by atoms with Gasteiger partial charge in [0.1, 0.15) is 5.75 Å². The second kappa shape index (κ2) is 11.2. The minimum atomic E-state index is -0.128. The van der Waals surface area contributed by atoms with Gasteiger partial charge in [-0.25, -0.2) is 0 Å². The fourth-order valence-corrected chi connectivity index (χ4v) is 6.02. The van der Waals surface area contributed by atoms with E-state index in [1.165, 1.54) is 44.1 Å². The molecule has 1 aromatic carbocycles. The van der Waals surface area contributed by atoms with Gasteiger partial charge in [-0.2, -0.15) is 0 Å². The highest BCUT2D eigenvalue weighted by Gasteiger charge is 2.50. The van der Waals surface area contributed by atoms with Crippen LogP contribution in [0.25, 0.3) is 0 Å². The highest BCUT2D eigenvalue weighted by molar-refractivity contribution is 5.30. The Morgan fingerprint density at radius 1 is 0.935 bits per heavy atom. The molecule has 2 heteroatoms. The molecular formula is C29H50O2. The van der Waals surface area contributed by atoms with Crippen LogP contribution >= 0.6 is 0 Å². The summed E-state index contributed by atoms with van der Waals surface area (Å²) in [7, 11) is 0. The highest BCUT2D eigenvalue weighted by atomic mass is 16.7. The van der Waals surface area contributed by atoms with Crippen LogP contribution in [0, 0.1) is 28.6 Å². The maximum atomic E-state index is 6.57. The molecule has 3 rings (SSSR count). The molecule has 0 saturated heterocycles. The molecule has 2 saturated carbocycles. The van der Waals surface area contributed by atoms with Gasteiger partial charge in [-0.1, -0.05) is 73.9 Å². The Labute approximate surface area is 193 Å². The first kappa shape index (κ1) is 26.2. The first-order chi connectivity index (χ1) is 14.5. The van der Waals surface area contributed by atoms with Crippen molar-refractivity contribution in [3.8, 4) is 5.75 Å². The van der Waals surface area contributed by atoms with Crippen molar-refractivity contribution in [3.63, 3.8) is 0 Å². The van der Waals surface area contributed by atoms with E-state index < -0.39 is 0 Å². The Morgan fingerprint density at radius 2 is 1.45 bits per heavy atom. The quantitative estimate of drug-likeness (QED) is 0.420. The summed E-state index contributed by atoms with van der Waals surface area (Å²) in [4.78, 5) is 0. The van der Waals surface area contributed by atoms with E-state index in [1.807, 2.05) is 0 Å². The maximum Gasteiger partial charge on any atom is 0.205 e. The van der Waals surface area contributed by atoms with E-state index in [2.05, 4.69) is 86.6 Å². The monoisotopic (exact) mass is 430 g/mol. The topological polar surface area (TPSA) is 18.5 Å². The molecule has 0 amide bonds. The lowest BCUT2D eigenvalue weighted by Crippen LogP contribution is -2.50. The smallest absolute Gasteiger partial charge is 0.205 e. The van der Waals surface area contributed by atoms with Gasteiger partial charge < -0.3 is 9.47 Å². The van der Waals surface area contributed by atoms with E-state index in [0.29, 0.717) is 12.5 Å². The van der Waals surface area contributed by atoms with E-state index in [0.717, 1.165) is 23.5 Å². The van der Waals surface area contributed by atoms with Gasteiger partial charge in [-0.3, -0.25) is 0 Å². The predicted molar refractivity (Wildman–Crippen MR) is 134 cm³/mol. The predicted octanol–water partition coefficient (Wildman–Crippen LogP) is 8.85. The highest BCUT2D eigenvalue weighted by Crippen LogP contribution is 2.55. The Kier molecular flexibility index (Phi) is 9.49. The normalized spacial score (nSPS) is 30.0. The van der Waals surface area contributed by atoms with E-state index in [9.17, 15) is 0 Å². The molecule has 2 fully saturated rings. The van der Waals surface area contributed by atoms with Gasteiger partial charge in [-0.05, 0) is 85.8 Å². The van der Waals surface area contributed by atoms with Crippen molar-refractivity contribution in [2.45, 2.75) is 113 Å². The summed E-state index contributed by atoms with van der Waals surface area (Å²) in [5, 5.41) is 0. The number of benzene rings is 1. The van der Waals surface area contributed by atoms with E-state index in [4.69, 9.17) is 9.47 Å². The molecule has 0 N–H and O–H groups in total. The van der Waals surface area contributed by atoms with Crippen LogP contribution in [0.2, 0.25) is 0 Å². The van der Waals surface area contributed by atoms with Gasteiger partial charge in [0.15, 0.2) is 0 Å². The standard InChI is InChI=1S/C26H42O2.C3H8/c1-8-27-24(26-15-18(2)13-21(17-26)14-19(3)16-26)28-23-11-9-22(10-12-23)20(4)25(5,6)7;1-3-2/h9-12,18-21,24H,8,13-17H2,1-7H3;3H2,1-2H3. The fourth-order valence-electron chi connectivity index (χ4n) is 6.02.